The quantitative estimate of drug-likeness (QED) is 0.397. The molecule has 0 saturated carbocycles. The SMILES string of the molecule is CN(CCN(CCCOc1ccc2c(c1)N(C)C(=O)C(C)(C)C(=O)N2C)Cc1ccncc1)C(=O)O. The van der Waals surface area contributed by atoms with Crippen molar-refractivity contribution in [3.63, 3.8) is 0 Å². The Balaban J connectivity index is 1.63. The van der Waals surface area contributed by atoms with Crippen molar-refractivity contribution in [3.05, 3.63) is 48.3 Å². The first-order valence-corrected chi connectivity index (χ1v) is 11.9. The minimum Gasteiger partial charge on any atom is -0.493 e. The molecular weight excluding hydrogens is 462 g/mol. The van der Waals surface area contributed by atoms with Crippen LogP contribution in [0.15, 0.2) is 42.7 Å². The molecular formula is C26H35N5O5. The average Bonchev–Trinajstić information content (AvgIpc) is 2.91. The van der Waals surface area contributed by atoms with Crippen molar-refractivity contribution in [1.82, 2.24) is 14.8 Å². The fourth-order valence-electron chi connectivity index (χ4n) is 4.18. The summed E-state index contributed by atoms with van der Waals surface area (Å²) < 4.78 is 5.99. The van der Waals surface area contributed by atoms with Gasteiger partial charge in [0.15, 0.2) is 0 Å². The van der Waals surface area contributed by atoms with Gasteiger partial charge in [-0.15, -0.1) is 0 Å². The van der Waals surface area contributed by atoms with Crippen molar-refractivity contribution in [2.24, 2.45) is 5.41 Å². The lowest BCUT2D eigenvalue weighted by Crippen LogP contribution is -2.46. The molecule has 0 fully saturated rings. The molecule has 0 saturated heterocycles. The van der Waals surface area contributed by atoms with Crippen LogP contribution < -0.4 is 14.5 Å². The van der Waals surface area contributed by atoms with E-state index in [9.17, 15) is 14.4 Å². The molecule has 0 radical (unpaired) electrons. The molecule has 1 aliphatic heterocycles. The van der Waals surface area contributed by atoms with E-state index < -0.39 is 11.5 Å². The Morgan fingerprint density at radius 1 is 1.00 bits per heavy atom. The molecule has 1 N–H and O–H groups in total. The summed E-state index contributed by atoms with van der Waals surface area (Å²) in [4.78, 5) is 47.4. The van der Waals surface area contributed by atoms with E-state index in [1.54, 1.807) is 65.6 Å². The average molecular weight is 498 g/mol. The maximum Gasteiger partial charge on any atom is 0.407 e. The van der Waals surface area contributed by atoms with Gasteiger partial charge in [0, 0.05) is 65.8 Å². The molecule has 1 aromatic carbocycles. The molecule has 194 valence electrons. The molecule has 2 aromatic rings. The predicted molar refractivity (Wildman–Crippen MR) is 137 cm³/mol. The van der Waals surface area contributed by atoms with Crippen molar-refractivity contribution in [2.75, 3.05) is 57.2 Å². The lowest BCUT2D eigenvalue weighted by atomic mass is 9.90. The van der Waals surface area contributed by atoms with Crippen molar-refractivity contribution < 1.29 is 24.2 Å². The fraction of sp³-hybridized carbons (Fsp3) is 0.462. The van der Waals surface area contributed by atoms with E-state index in [0.29, 0.717) is 49.9 Å². The Hall–Kier alpha value is -3.66. The number of benzene rings is 1. The Bertz CT molecular complexity index is 1090. The van der Waals surface area contributed by atoms with E-state index in [1.165, 1.54) is 14.7 Å². The van der Waals surface area contributed by atoms with Crippen LogP contribution in [0.5, 0.6) is 5.75 Å². The predicted octanol–water partition coefficient (Wildman–Crippen LogP) is 2.93. The lowest BCUT2D eigenvalue weighted by molar-refractivity contribution is -0.137. The number of carboxylic acid groups (broad SMARTS) is 1. The number of anilines is 2. The maximum absolute atomic E-state index is 12.9. The van der Waals surface area contributed by atoms with Crippen LogP contribution in [0, 0.1) is 5.41 Å². The molecule has 0 spiro atoms. The standard InChI is InChI=1S/C26H35N5O5/c1-26(2)23(32)29(4)21-8-7-20(17-22(21)30(5)24(26)33)36-16-6-13-31(15-14-28(3)25(34)35)18-19-9-11-27-12-10-19/h7-12,17H,6,13-16,18H2,1-5H3,(H,34,35). The molecule has 36 heavy (non-hydrogen) atoms. The topological polar surface area (TPSA) is 107 Å². The number of carbonyl (C=O) groups excluding carboxylic acids is 2. The number of hydrogen-bond donors (Lipinski definition) is 1. The van der Waals surface area contributed by atoms with Crippen LogP contribution in [0.3, 0.4) is 0 Å². The van der Waals surface area contributed by atoms with Gasteiger partial charge in [0.05, 0.1) is 18.0 Å². The molecule has 3 rings (SSSR count). The highest BCUT2D eigenvalue weighted by atomic mass is 16.5. The van der Waals surface area contributed by atoms with Crippen LogP contribution in [0.2, 0.25) is 0 Å². The van der Waals surface area contributed by atoms with Gasteiger partial charge in [-0.25, -0.2) is 4.79 Å². The number of likely N-dealkylation sites (N-methyl/N-ethyl adjacent to an activating group) is 1. The Kier molecular flexibility index (Phi) is 8.52. The smallest absolute Gasteiger partial charge is 0.407 e. The highest BCUT2D eigenvalue weighted by molar-refractivity contribution is 6.19. The third-order valence-electron chi connectivity index (χ3n) is 6.47. The van der Waals surface area contributed by atoms with Gasteiger partial charge < -0.3 is 24.5 Å². The van der Waals surface area contributed by atoms with E-state index in [-0.39, 0.29) is 11.8 Å². The normalized spacial score (nSPS) is 15.1. The first-order valence-electron chi connectivity index (χ1n) is 11.9. The molecule has 0 bridgehead atoms. The number of nitrogens with zero attached hydrogens (tertiary/aromatic N) is 5. The molecule has 10 nitrogen and oxygen atoms in total. The second-order valence-corrected chi connectivity index (χ2v) is 9.54. The zero-order valence-corrected chi connectivity index (χ0v) is 21.6. The first-order chi connectivity index (χ1) is 17.0. The Morgan fingerprint density at radius 3 is 2.28 bits per heavy atom. The highest BCUT2D eigenvalue weighted by Crippen LogP contribution is 2.39. The van der Waals surface area contributed by atoms with Crippen molar-refractivity contribution in [2.45, 2.75) is 26.8 Å². The zero-order valence-electron chi connectivity index (χ0n) is 21.6. The second-order valence-electron chi connectivity index (χ2n) is 9.54. The highest BCUT2D eigenvalue weighted by Gasteiger charge is 2.44. The zero-order chi connectivity index (χ0) is 26.5. The number of fused-ring (bicyclic) bond motifs is 1. The van der Waals surface area contributed by atoms with Crippen molar-refractivity contribution in [3.8, 4) is 5.75 Å². The lowest BCUT2D eigenvalue weighted by Gasteiger charge is -2.25. The van der Waals surface area contributed by atoms with Gasteiger partial charge in [-0.3, -0.25) is 19.5 Å². The molecule has 3 amide bonds. The van der Waals surface area contributed by atoms with Gasteiger partial charge in [0.1, 0.15) is 11.2 Å². The first kappa shape index (κ1) is 26.9. The van der Waals surface area contributed by atoms with Crippen LogP contribution in [0.25, 0.3) is 0 Å². The molecule has 1 aromatic heterocycles. The van der Waals surface area contributed by atoms with Crippen LogP contribution in [0.1, 0.15) is 25.8 Å². The summed E-state index contributed by atoms with van der Waals surface area (Å²) in [6, 6.07) is 9.28. The molecule has 0 atom stereocenters. The van der Waals surface area contributed by atoms with E-state index in [4.69, 9.17) is 9.84 Å². The van der Waals surface area contributed by atoms with Crippen molar-refractivity contribution in [1.29, 1.82) is 0 Å². The van der Waals surface area contributed by atoms with Gasteiger partial charge >= 0.3 is 6.09 Å². The van der Waals surface area contributed by atoms with Crippen molar-refractivity contribution >= 4 is 29.3 Å². The Labute approximate surface area is 212 Å². The number of amides is 3. The summed E-state index contributed by atoms with van der Waals surface area (Å²) in [5.41, 5.74) is 1.22. The molecule has 1 aliphatic rings. The van der Waals surface area contributed by atoms with E-state index in [0.717, 1.165) is 12.0 Å². The summed E-state index contributed by atoms with van der Waals surface area (Å²) in [6.07, 6.45) is 3.25. The van der Waals surface area contributed by atoms with E-state index >= 15 is 0 Å². The summed E-state index contributed by atoms with van der Waals surface area (Å²) >= 11 is 0. The number of rotatable bonds is 10. The minimum absolute atomic E-state index is 0.255. The van der Waals surface area contributed by atoms with Crippen LogP contribution in [0.4, 0.5) is 16.2 Å². The monoisotopic (exact) mass is 497 g/mol. The van der Waals surface area contributed by atoms with Crippen LogP contribution in [-0.2, 0) is 16.1 Å². The summed E-state index contributed by atoms with van der Waals surface area (Å²) in [7, 11) is 4.90. The number of pyridine rings is 1. The molecule has 0 unspecified atom stereocenters. The molecule has 10 heteroatoms. The minimum atomic E-state index is -1.16. The van der Waals surface area contributed by atoms with Gasteiger partial charge in [-0.05, 0) is 50.1 Å². The number of aromatic nitrogens is 1. The molecule has 2 heterocycles. The van der Waals surface area contributed by atoms with Gasteiger partial charge in [0.25, 0.3) is 0 Å². The van der Waals surface area contributed by atoms with E-state index in [1.807, 2.05) is 12.1 Å². The van der Waals surface area contributed by atoms with Crippen LogP contribution in [-0.4, -0.2) is 85.2 Å². The summed E-state index contributed by atoms with van der Waals surface area (Å²) in [6.45, 7) is 6.10. The fourth-order valence-corrected chi connectivity index (χ4v) is 4.18. The maximum atomic E-state index is 12.9. The number of ether oxygens (including phenoxy) is 1. The number of carbonyl (C=O) groups is 3. The number of hydrogen-bond acceptors (Lipinski definition) is 6. The second kappa shape index (κ2) is 11.4. The third-order valence-corrected chi connectivity index (χ3v) is 6.47. The van der Waals surface area contributed by atoms with E-state index in [2.05, 4.69) is 9.88 Å². The Morgan fingerprint density at radius 2 is 1.64 bits per heavy atom. The van der Waals surface area contributed by atoms with Gasteiger partial charge in [-0.1, -0.05) is 0 Å². The summed E-state index contributed by atoms with van der Waals surface area (Å²) in [5.74, 6) is 0.0863. The van der Waals surface area contributed by atoms with Gasteiger partial charge in [-0.2, -0.15) is 0 Å². The largest absolute Gasteiger partial charge is 0.493 e. The van der Waals surface area contributed by atoms with Crippen LogP contribution >= 0.6 is 0 Å². The molecule has 0 aliphatic carbocycles. The van der Waals surface area contributed by atoms with Gasteiger partial charge in [0.2, 0.25) is 11.8 Å². The third kappa shape index (κ3) is 6.12. The summed E-state index contributed by atoms with van der Waals surface area (Å²) in [5, 5.41) is 9.15.